The molecule has 1 heterocycles. The van der Waals surface area contributed by atoms with Crippen molar-refractivity contribution in [3.8, 4) is 0 Å². The number of carbonyl (C=O) groups excluding carboxylic acids is 3. The lowest BCUT2D eigenvalue weighted by atomic mass is 10.0. The van der Waals surface area contributed by atoms with Crippen molar-refractivity contribution >= 4 is 29.7 Å². The number of guanidine groups is 1. The van der Waals surface area contributed by atoms with Crippen molar-refractivity contribution in [3.63, 3.8) is 0 Å². The summed E-state index contributed by atoms with van der Waals surface area (Å²) in [5.41, 5.74) is 21.9. The second-order valence-corrected chi connectivity index (χ2v) is 8.65. The maximum Gasteiger partial charge on any atom is 0.326 e. The first-order valence-corrected chi connectivity index (χ1v) is 11.8. The van der Waals surface area contributed by atoms with Crippen LogP contribution >= 0.6 is 0 Å². The van der Waals surface area contributed by atoms with E-state index in [1.54, 1.807) is 0 Å². The zero-order valence-electron chi connectivity index (χ0n) is 20.2. The van der Waals surface area contributed by atoms with Gasteiger partial charge in [0.2, 0.25) is 17.7 Å². The molecule has 3 amide bonds. The van der Waals surface area contributed by atoms with Crippen molar-refractivity contribution in [2.75, 3.05) is 19.6 Å². The maximum atomic E-state index is 13.2. The molecule has 0 spiro atoms. The Hall–Kier alpha value is -2.97. The van der Waals surface area contributed by atoms with Crippen molar-refractivity contribution in [3.05, 3.63) is 0 Å². The molecule has 1 fully saturated rings. The van der Waals surface area contributed by atoms with E-state index in [0.717, 1.165) is 0 Å². The minimum atomic E-state index is -1.24. The fourth-order valence-corrected chi connectivity index (χ4v) is 3.77. The normalized spacial score (nSPS) is 18.7. The first kappa shape index (κ1) is 30.1. The standard InChI is InChI=1S/C21H40N8O6/c1-12(30)16(23)18(32)27-13(6-2-3-9-22)17(31)28-14(7-4-10-26-21(24)25)19(33)29-11-5-8-15(29)20(34)35/h12-16,30H,2-11,22-23H2,1H3,(H,27,32)(H,28,31)(H,34,35)(H4,24,25,26). The number of nitrogens with two attached hydrogens (primary N) is 4. The Morgan fingerprint density at radius 2 is 1.69 bits per heavy atom. The number of aliphatic hydroxyl groups excluding tert-OH is 1. The zero-order chi connectivity index (χ0) is 26.5. The van der Waals surface area contributed by atoms with E-state index in [0.29, 0.717) is 38.6 Å². The van der Waals surface area contributed by atoms with E-state index in [1.165, 1.54) is 11.8 Å². The van der Waals surface area contributed by atoms with Crippen molar-refractivity contribution in [1.82, 2.24) is 15.5 Å². The number of likely N-dealkylation sites (tertiary alicyclic amines) is 1. The Morgan fingerprint density at radius 1 is 1.06 bits per heavy atom. The van der Waals surface area contributed by atoms with Gasteiger partial charge < -0.3 is 48.7 Å². The molecule has 1 aliphatic heterocycles. The van der Waals surface area contributed by atoms with E-state index in [4.69, 9.17) is 22.9 Å². The van der Waals surface area contributed by atoms with Gasteiger partial charge in [-0.3, -0.25) is 19.4 Å². The molecule has 5 unspecified atom stereocenters. The minimum Gasteiger partial charge on any atom is -0.480 e. The summed E-state index contributed by atoms with van der Waals surface area (Å²) in [6.45, 7) is 2.22. The number of carbonyl (C=O) groups is 4. The van der Waals surface area contributed by atoms with E-state index in [2.05, 4.69) is 15.6 Å². The lowest BCUT2D eigenvalue weighted by molar-refractivity contribution is -0.149. The van der Waals surface area contributed by atoms with E-state index in [1.807, 2.05) is 0 Å². The van der Waals surface area contributed by atoms with Crippen LogP contribution < -0.4 is 33.6 Å². The van der Waals surface area contributed by atoms with Gasteiger partial charge in [-0.15, -0.1) is 0 Å². The number of unbranched alkanes of at least 4 members (excludes halogenated alkanes) is 1. The Kier molecular flexibility index (Phi) is 13.0. The highest BCUT2D eigenvalue weighted by molar-refractivity contribution is 5.94. The predicted molar refractivity (Wildman–Crippen MR) is 129 cm³/mol. The Bertz CT molecular complexity index is 758. The van der Waals surface area contributed by atoms with Crippen LogP contribution in [-0.2, 0) is 19.2 Å². The number of nitrogens with zero attached hydrogens (tertiary/aromatic N) is 2. The third kappa shape index (κ3) is 10.0. The van der Waals surface area contributed by atoms with Crippen LogP contribution in [0.3, 0.4) is 0 Å². The van der Waals surface area contributed by atoms with Crippen molar-refractivity contribution in [2.24, 2.45) is 27.9 Å². The van der Waals surface area contributed by atoms with Crippen LogP contribution in [-0.4, -0.2) is 94.7 Å². The number of aliphatic carboxylic acids is 1. The van der Waals surface area contributed by atoms with Crippen molar-refractivity contribution in [2.45, 2.75) is 82.1 Å². The third-order valence-corrected chi connectivity index (χ3v) is 5.78. The van der Waals surface area contributed by atoms with Crippen molar-refractivity contribution in [1.29, 1.82) is 0 Å². The zero-order valence-corrected chi connectivity index (χ0v) is 20.2. The average Bonchev–Trinajstić information content (AvgIpc) is 3.29. The molecule has 0 saturated carbocycles. The maximum absolute atomic E-state index is 13.2. The van der Waals surface area contributed by atoms with Crippen LogP contribution in [0.5, 0.6) is 0 Å². The highest BCUT2D eigenvalue weighted by Gasteiger charge is 2.38. The summed E-state index contributed by atoms with van der Waals surface area (Å²) in [6.07, 6.45) is 1.59. The molecular weight excluding hydrogens is 460 g/mol. The Balaban J connectivity index is 3.03. The molecule has 0 bridgehead atoms. The lowest BCUT2D eigenvalue weighted by Crippen LogP contribution is -2.58. The number of rotatable bonds is 15. The lowest BCUT2D eigenvalue weighted by Gasteiger charge is -2.29. The van der Waals surface area contributed by atoms with Crippen LogP contribution in [0.25, 0.3) is 0 Å². The number of carboxylic acids is 1. The topological polar surface area (TPSA) is 252 Å². The number of hydrogen-bond acceptors (Lipinski definition) is 8. The highest BCUT2D eigenvalue weighted by Crippen LogP contribution is 2.20. The molecule has 0 radical (unpaired) electrons. The van der Waals surface area contributed by atoms with Gasteiger partial charge >= 0.3 is 5.97 Å². The van der Waals surface area contributed by atoms with Crippen LogP contribution in [0, 0.1) is 0 Å². The molecule has 14 nitrogen and oxygen atoms in total. The highest BCUT2D eigenvalue weighted by atomic mass is 16.4. The SMILES string of the molecule is CC(O)C(N)C(=O)NC(CCCCN)C(=O)NC(CCCN=C(N)N)C(=O)N1CCCC1C(=O)O. The van der Waals surface area contributed by atoms with Crippen LogP contribution in [0.1, 0.15) is 51.9 Å². The molecule has 0 aromatic carbocycles. The first-order valence-electron chi connectivity index (χ1n) is 11.8. The molecule has 5 atom stereocenters. The van der Waals surface area contributed by atoms with Gasteiger partial charge in [0.05, 0.1) is 6.10 Å². The van der Waals surface area contributed by atoms with Gasteiger partial charge in [-0.25, -0.2) is 4.79 Å². The number of nitrogens with one attached hydrogen (secondary N) is 2. The molecule has 200 valence electrons. The number of carboxylic acid groups (broad SMARTS) is 1. The minimum absolute atomic E-state index is 0.112. The van der Waals surface area contributed by atoms with Gasteiger partial charge in [-0.2, -0.15) is 0 Å². The van der Waals surface area contributed by atoms with Gasteiger partial charge in [0, 0.05) is 13.1 Å². The first-order chi connectivity index (χ1) is 16.5. The molecule has 1 rings (SSSR count). The molecule has 0 aliphatic carbocycles. The second kappa shape index (κ2) is 15.1. The fraction of sp³-hybridized carbons (Fsp3) is 0.762. The quantitative estimate of drug-likeness (QED) is 0.0639. The molecule has 35 heavy (non-hydrogen) atoms. The largest absolute Gasteiger partial charge is 0.480 e. The monoisotopic (exact) mass is 500 g/mol. The van der Waals surface area contributed by atoms with Crippen LogP contribution in [0.4, 0.5) is 0 Å². The number of amides is 3. The number of aliphatic imine (C=N–C) groups is 1. The van der Waals surface area contributed by atoms with E-state index in [9.17, 15) is 29.4 Å². The number of aliphatic hydroxyl groups is 1. The molecule has 14 heteroatoms. The molecule has 1 saturated heterocycles. The Morgan fingerprint density at radius 3 is 2.26 bits per heavy atom. The van der Waals surface area contributed by atoms with Gasteiger partial charge in [-0.1, -0.05) is 0 Å². The van der Waals surface area contributed by atoms with E-state index >= 15 is 0 Å². The molecule has 0 aromatic heterocycles. The van der Waals surface area contributed by atoms with Gasteiger partial charge in [0.25, 0.3) is 0 Å². The summed E-state index contributed by atoms with van der Waals surface area (Å²) in [5.74, 6) is -3.09. The fourth-order valence-electron chi connectivity index (χ4n) is 3.77. The van der Waals surface area contributed by atoms with Gasteiger partial charge in [0.1, 0.15) is 24.2 Å². The summed E-state index contributed by atoms with van der Waals surface area (Å²) in [5, 5.41) is 24.2. The van der Waals surface area contributed by atoms with E-state index in [-0.39, 0.29) is 31.9 Å². The summed E-state index contributed by atoms with van der Waals surface area (Å²) in [4.78, 5) is 55.4. The van der Waals surface area contributed by atoms with Gasteiger partial charge in [0.15, 0.2) is 5.96 Å². The molecule has 1 aliphatic rings. The van der Waals surface area contributed by atoms with Crippen LogP contribution in [0.2, 0.25) is 0 Å². The average molecular weight is 501 g/mol. The summed E-state index contributed by atoms with van der Waals surface area (Å²) in [6, 6.07) is -4.28. The van der Waals surface area contributed by atoms with Gasteiger partial charge in [-0.05, 0) is 58.4 Å². The predicted octanol–water partition coefficient (Wildman–Crippen LogP) is -3.08. The Labute approximate surface area is 204 Å². The third-order valence-electron chi connectivity index (χ3n) is 5.78. The summed E-state index contributed by atoms with van der Waals surface area (Å²) >= 11 is 0. The summed E-state index contributed by atoms with van der Waals surface area (Å²) in [7, 11) is 0. The molecular formula is C21H40N8O6. The number of hydrogen-bond donors (Lipinski definition) is 8. The van der Waals surface area contributed by atoms with Crippen molar-refractivity contribution < 1.29 is 29.4 Å². The second-order valence-electron chi connectivity index (χ2n) is 8.65. The van der Waals surface area contributed by atoms with Crippen LogP contribution in [0.15, 0.2) is 4.99 Å². The molecule has 12 N–H and O–H groups in total. The molecule has 0 aromatic rings. The van der Waals surface area contributed by atoms with E-state index < -0.39 is 54.0 Å². The smallest absolute Gasteiger partial charge is 0.326 e. The summed E-state index contributed by atoms with van der Waals surface area (Å²) < 4.78 is 0.